The van der Waals surface area contributed by atoms with Crippen molar-refractivity contribution in [3.8, 4) is 5.75 Å². The van der Waals surface area contributed by atoms with Gasteiger partial charge in [0.25, 0.3) is 11.2 Å². The Bertz CT molecular complexity index is 1180. The number of rotatable bonds is 6. The zero-order valence-corrected chi connectivity index (χ0v) is 15.6. The van der Waals surface area contributed by atoms with Crippen LogP contribution in [0.2, 0.25) is 0 Å². The van der Waals surface area contributed by atoms with Crippen molar-refractivity contribution in [2.45, 2.75) is 19.6 Å². The van der Waals surface area contributed by atoms with Crippen LogP contribution >= 0.6 is 0 Å². The van der Waals surface area contributed by atoms with E-state index in [9.17, 15) is 14.9 Å². The summed E-state index contributed by atoms with van der Waals surface area (Å²) in [5, 5.41) is 12.3. The minimum atomic E-state index is -0.436. The number of hydrogen-bond acceptors (Lipinski definition) is 5. The molecule has 0 bridgehead atoms. The van der Waals surface area contributed by atoms with Gasteiger partial charge in [-0.2, -0.15) is 0 Å². The second-order valence-corrected chi connectivity index (χ2v) is 6.92. The Morgan fingerprint density at radius 3 is 2.90 bits per heavy atom. The highest BCUT2D eigenvalue weighted by Gasteiger charge is 2.11. The number of ether oxygens (including phenoxy) is 1. The fraction of sp³-hybridized carbons (Fsp3) is 0.182. The molecule has 7 nitrogen and oxygen atoms in total. The topological polar surface area (TPSA) is 86.7 Å². The molecule has 0 fully saturated rings. The summed E-state index contributed by atoms with van der Waals surface area (Å²) in [6.07, 6.45) is 8.30. The van der Waals surface area contributed by atoms with Gasteiger partial charge in [-0.05, 0) is 35.6 Å². The lowest BCUT2D eigenvalue weighted by atomic mass is 10.1. The molecule has 1 aliphatic heterocycles. The van der Waals surface area contributed by atoms with Gasteiger partial charge in [-0.3, -0.25) is 19.9 Å². The van der Waals surface area contributed by atoms with E-state index in [2.05, 4.69) is 4.99 Å². The highest BCUT2D eigenvalue weighted by Crippen LogP contribution is 2.21. The molecule has 2 aromatic carbocycles. The van der Waals surface area contributed by atoms with Crippen LogP contribution in [0.5, 0.6) is 5.75 Å². The minimum Gasteiger partial charge on any atom is -0.489 e. The molecule has 0 saturated carbocycles. The van der Waals surface area contributed by atoms with Gasteiger partial charge < -0.3 is 9.30 Å². The number of nitrogens with zero attached hydrogens (tertiary/aromatic N) is 3. The Balaban J connectivity index is 1.55. The van der Waals surface area contributed by atoms with Crippen LogP contribution in [0.3, 0.4) is 0 Å². The van der Waals surface area contributed by atoms with Gasteiger partial charge in [0.1, 0.15) is 12.4 Å². The molecular formula is C22H19N3O4. The maximum atomic E-state index is 12.9. The largest absolute Gasteiger partial charge is 0.489 e. The first-order valence-electron chi connectivity index (χ1n) is 9.28. The number of benzene rings is 2. The normalized spacial score (nSPS) is 15.5. The summed E-state index contributed by atoms with van der Waals surface area (Å²) >= 11 is 0. The molecule has 2 heterocycles. The molecule has 1 aliphatic rings. The first-order valence-corrected chi connectivity index (χ1v) is 9.28. The van der Waals surface area contributed by atoms with Gasteiger partial charge in [0.15, 0.2) is 0 Å². The molecule has 0 saturated heterocycles. The molecule has 1 atom stereocenters. The SMILES string of the molecule is O=c1c2cc(OCc3cccc([N+](=O)[O-])c3)ccc2ccn1CC1C=NC=CC1. The van der Waals surface area contributed by atoms with Crippen molar-refractivity contribution in [1.82, 2.24) is 4.57 Å². The maximum absolute atomic E-state index is 12.9. The average Bonchev–Trinajstić information content (AvgIpc) is 2.75. The highest BCUT2D eigenvalue weighted by molar-refractivity contribution is 5.82. The Labute approximate surface area is 166 Å². The van der Waals surface area contributed by atoms with E-state index in [1.165, 1.54) is 12.1 Å². The fourth-order valence-electron chi connectivity index (χ4n) is 3.32. The zero-order chi connectivity index (χ0) is 20.2. The summed E-state index contributed by atoms with van der Waals surface area (Å²) in [6, 6.07) is 13.6. The van der Waals surface area contributed by atoms with Crippen LogP contribution in [0.1, 0.15) is 12.0 Å². The number of allylic oxidation sites excluding steroid dienone is 1. The van der Waals surface area contributed by atoms with E-state index in [1.54, 1.807) is 41.2 Å². The number of hydrogen-bond donors (Lipinski definition) is 0. The van der Waals surface area contributed by atoms with E-state index in [4.69, 9.17) is 4.74 Å². The van der Waals surface area contributed by atoms with Gasteiger partial charge in [-0.15, -0.1) is 0 Å². The van der Waals surface area contributed by atoms with Gasteiger partial charge in [-0.1, -0.05) is 24.3 Å². The van der Waals surface area contributed by atoms with E-state index < -0.39 is 4.92 Å². The molecular weight excluding hydrogens is 370 g/mol. The van der Waals surface area contributed by atoms with Crippen molar-refractivity contribution in [2.75, 3.05) is 0 Å². The summed E-state index contributed by atoms with van der Waals surface area (Å²) in [4.78, 5) is 27.5. The number of pyridine rings is 1. The van der Waals surface area contributed by atoms with Gasteiger partial charge in [0.2, 0.25) is 0 Å². The third-order valence-electron chi connectivity index (χ3n) is 4.84. The van der Waals surface area contributed by atoms with Crippen LogP contribution in [-0.4, -0.2) is 15.7 Å². The van der Waals surface area contributed by atoms with Gasteiger partial charge in [0, 0.05) is 43.2 Å². The number of non-ortho nitro benzene ring substituents is 1. The lowest BCUT2D eigenvalue weighted by molar-refractivity contribution is -0.384. The Kier molecular flexibility index (Phi) is 5.20. The number of nitro benzene ring substituents is 1. The minimum absolute atomic E-state index is 0.0218. The maximum Gasteiger partial charge on any atom is 0.269 e. The van der Waals surface area contributed by atoms with E-state index in [-0.39, 0.29) is 23.8 Å². The molecule has 146 valence electrons. The summed E-state index contributed by atoms with van der Waals surface area (Å²) < 4.78 is 7.48. The smallest absolute Gasteiger partial charge is 0.269 e. The molecule has 4 rings (SSSR count). The van der Waals surface area contributed by atoms with Crippen LogP contribution in [0.15, 0.2) is 76.8 Å². The molecule has 0 spiro atoms. The highest BCUT2D eigenvalue weighted by atomic mass is 16.6. The predicted molar refractivity (Wildman–Crippen MR) is 111 cm³/mol. The number of nitro groups is 1. The molecule has 0 N–H and O–H groups in total. The van der Waals surface area contributed by atoms with E-state index >= 15 is 0 Å². The van der Waals surface area contributed by atoms with Crippen molar-refractivity contribution in [3.05, 3.63) is 93.0 Å². The van der Waals surface area contributed by atoms with Crippen LogP contribution in [0.4, 0.5) is 5.69 Å². The summed E-state index contributed by atoms with van der Waals surface area (Å²) in [6.45, 7) is 0.750. The first kappa shape index (κ1) is 18.6. The molecule has 7 heteroatoms. The predicted octanol–water partition coefficient (Wildman–Crippen LogP) is 4.09. The number of aromatic nitrogens is 1. The molecule has 0 amide bonds. The summed E-state index contributed by atoms with van der Waals surface area (Å²) in [5.41, 5.74) is 0.634. The van der Waals surface area contributed by atoms with Crippen molar-refractivity contribution < 1.29 is 9.66 Å². The molecule has 3 aromatic rings. The standard InChI is InChI=1S/C22H19N3O4/c26-22-21-12-20(29-15-16-3-1-5-19(11-16)25(27)28)7-6-18(21)8-10-24(22)14-17-4-2-9-23-13-17/h1-3,5-13,17H,4,14-15H2. The van der Waals surface area contributed by atoms with Gasteiger partial charge in [-0.25, -0.2) is 0 Å². The van der Waals surface area contributed by atoms with Crippen molar-refractivity contribution in [2.24, 2.45) is 10.9 Å². The fourth-order valence-corrected chi connectivity index (χ4v) is 3.32. The summed E-state index contributed by atoms with van der Waals surface area (Å²) in [7, 11) is 0. The molecule has 0 aliphatic carbocycles. The molecule has 0 radical (unpaired) electrons. The average molecular weight is 389 g/mol. The second-order valence-electron chi connectivity index (χ2n) is 6.92. The Morgan fingerprint density at radius 1 is 1.21 bits per heavy atom. The zero-order valence-electron chi connectivity index (χ0n) is 15.6. The van der Waals surface area contributed by atoms with Gasteiger partial charge >= 0.3 is 0 Å². The van der Waals surface area contributed by atoms with Crippen molar-refractivity contribution in [1.29, 1.82) is 0 Å². The Morgan fingerprint density at radius 2 is 2.10 bits per heavy atom. The Hall–Kier alpha value is -3.74. The lowest BCUT2D eigenvalue weighted by Gasteiger charge is -2.15. The summed E-state index contributed by atoms with van der Waals surface area (Å²) in [5.74, 6) is 0.740. The third kappa shape index (κ3) is 4.24. The van der Waals surface area contributed by atoms with Gasteiger partial charge in [0.05, 0.1) is 10.3 Å². The lowest BCUT2D eigenvalue weighted by Crippen LogP contribution is -2.24. The molecule has 29 heavy (non-hydrogen) atoms. The molecule has 1 unspecified atom stereocenters. The van der Waals surface area contributed by atoms with E-state index in [0.29, 0.717) is 23.2 Å². The second kappa shape index (κ2) is 8.10. The molecule has 1 aromatic heterocycles. The number of fused-ring (bicyclic) bond motifs is 1. The van der Waals surface area contributed by atoms with E-state index in [1.807, 2.05) is 24.4 Å². The van der Waals surface area contributed by atoms with Crippen LogP contribution in [0, 0.1) is 16.0 Å². The first-order chi connectivity index (χ1) is 14.1. The van der Waals surface area contributed by atoms with Crippen LogP contribution < -0.4 is 10.3 Å². The monoisotopic (exact) mass is 389 g/mol. The van der Waals surface area contributed by atoms with Crippen LogP contribution in [-0.2, 0) is 13.2 Å². The quantitative estimate of drug-likeness (QED) is 0.469. The van der Waals surface area contributed by atoms with E-state index in [0.717, 1.165) is 11.8 Å². The van der Waals surface area contributed by atoms with Crippen molar-refractivity contribution >= 4 is 22.7 Å². The van der Waals surface area contributed by atoms with Crippen LogP contribution in [0.25, 0.3) is 10.8 Å². The number of aliphatic imine (C=N–C) groups is 1. The third-order valence-corrected chi connectivity index (χ3v) is 4.84. The van der Waals surface area contributed by atoms with Crippen molar-refractivity contribution in [3.63, 3.8) is 0 Å².